The van der Waals surface area contributed by atoms with Gasteiger partial charge in [0, 0.05) is 11.6 Å². The van der Waals surface area contributed by atoms with E-state index in [0.29, 0.717) is 24.0 Å². The summed E-state index contributed by atoms with van der Waals surface area (Å²) >= 11 is 0. The van der Waals surface area contributed by atoms with E-state index in [1.165, 1.54) is 6.07 Å². The zero-order chi connectivity index (χ0) is 14.0. The van der Waals surface area contributed by atoms with Gasteiger partial charge in [0.15, 0.2) is 0 Å². The van der Waals surface area contributed by atoms with Gasteiger partial charge in [-0.05, 0) is 43.5 Å². The fourth-order valence-corrected chi connectivity index (χ4v) is 3.59. The Labute approximate surface area is 112 Å². The highest BCUT2D eigenvalue weighted by molar-refractivity contribution is 7.91. The number of hydrogen-bond acceptors (Lipinski definition) is 4. The van der Waals surface area contributed by atoms with Crippen molar-refractivity contribution in [3.8, 4) is 5.75 Å². The van der Waals surface area contributed by atoms with Gasteiger partial charge >= 0.3 is 0 Å². The summed E-state index contributed by atoms with van der Waals surface area (Å²) < 4.78 is 22.6. The number of carbonyl (C=O) groups is 1. The van der Waals surface area contributed by atoms with E-state index in [4.69, 9.17) is 0 Å². The lowest BCUT2D eigenvalue weighted by Crippen LogP contribution is -2.40. The van der Waals surface area contributed by atoms with Gasteiger partial charge in [-0.3, -0.25) is 4.79 Å². The largest absolute Gasteiger partial charge is 0.508 e. The van der Waals surface area contributed by atoms with Gasteiger partial charge in [0.25, 0.3) is 5.91 Å². The number of rotatable bonds is 2. The number of phenols is 1. The molecule has 1 aliphatic heterocycles. The van der Waals surface area contributed by atoms with Gasteiger partial charge < -0.3 is 10.4 Å². The third-order valence-corrected chi connectivity index (χ3v) is 5.06. The monoisotopic (exact) mass is 283 g/mol. The summed E-state index contributed by atoms with van der Waals surface area (Å²) in [6.45, 7) is 1.72. The van der Waals surface area contributed by atoms with Gasteiger partial charge in [-0.2, -0.15) is 0 Å². The molecular formula is C13H17NO4S. The minimum absolute atomic E-state index is 0.0925. The summed E-state index contributed by atoms with van der Waals surface area (Å²) in [5, 5.41) is 12.2. The minimum atomic E-state index is -2.91. The maximum absolute atomic E-state index is 12.0. The van der Waals surface area contributed by atoms with Crippen molar-refractivity contribution in [2.24, 2.45) is 0 Å². The molecule has 19 heavy (non-hydrogen) atoms. The van der Waals surface area contributed by atoms with Crippen molar-refractivity contribution < 1.29 is 18.3 Å². The van der Waals surface area contributed by atoms with E-state index in [9.17, 15) is 18.3 Å². The summed E-state index contributed by atoms with van der Waals surface area (Å²) in [5.41, 5.74) is 1.11. The average molecular weight is 283 g/mol. The van der Waals surface area contributed by atoms with E-state index >= 15 is 0 Å². The maximum atomic E-state index is 12.0. The zero-order valence-electron chi connectivity index (χ0n) is 10.7. The molecule has 2 N–H and O–H groups in total. The van der Waals surface area contributed by atoms with Crippen LogP contribution in [0.5, 0.6) is 5.75 Å². The summed E-state index contributed by atoms with van der Waals surface area (Å²) in [5.74, 6) is 0.187. The molecule has 1 aromatic rings. The normalized spacial score (nSPS) is 19.0. The molecule has 1 saturated heterocycles. The third-order valence-electron chi connectivity index (χ3n) is 3.35. The molecule has 1 fully saturated rings. The summed E-state index contributed by atoms with van der Waals surface area (Å²) in [4.78, 5) is 12.0. The first kappa shape index (κ1) is 13.9. The molecule has 2 rings (SSSR count). The number of amides is 1. The molecule has 104 valence electrons. The number of hydrogen-bond donors (Lipinski definition) is 2. The lowest BCUT2D eigenvalue weighted by molar-refractivity contribution is 0.0934. The number of sulfone groups is 1. The van der Waals surface area contributed by atoms with Crippen molar-refractivity contribution >= 4 is 15.7 Å². The Morgan fingerprint density at radius 3 is 2.53 bits per heavy atom. The molecule has 0 atom stereocenters. The van der Waals surface area contributed by atoms with Crippen LogP contribution in [0.25, 0.3) is 0 Å². The van der Waals surface area contributed by atoms with Crippen LogP contribution >= 0.6 is 0 Å². The van der Waals surface area contributed by atoms with Gasteiger partial charge in [-0.15, -0.1) is 0 Å². The number of aryl methyl sites for hydroxylation is 1. The molecule has 0 radical (unpaired) electrons. The van der Waals surface area contributed by atoms with Crippen molar-refractivity contribution in [3.63, 3.8) is 0 Å². The van der Waals surface area contributed by atoms with Crippen LogP contribution in [0.15, 0.2) is 18.2 Å². The summed E-state index contributed by atoms with van der Waals surface area (Å²) in [7, 11) is -2.91. The highest BCUT2D eigenvalue weighted by Crippen LogP contribution is 2.18. The van der Waals surface area contributed by atoms with E-state index < -0.39 is 9.84 Å². The Bertz CT molecular complexity index is 581. The smallest absolute Gasteiger partial charge is 0.251 e. The molecule has 1 amide bonds. The molecule has 1 aliphatic rings. The first-order chi connectivity index (χ1) is 8.87. The Morgan fingerprint density at radius 1 is 1.32 bits per heavy atom. The molecule has 0 saturated carbocycles. The van der Waals surface area contributed by atoms with Gasteiger partial charge in [0.2, 0.25) is 0 Å². The fraction of sp³-hybridized carbons (Fsp3) is 0.462. The molecule has 0 spiro atoms. The second kappa shape index (κ2) is 5.21. The topological polar surface area (TPSA) is 83.5 Å². The highest BCUT2D eigenvalue weighted by atomic mass is 32.2. The van der Waals surface area contributed by atoms with E-state index in [-0.39, 0.29) is 29.2 Å². The Hall–Kier alpha value is -1.56. The second-order valence-electron chi connectivity index (χ2n) is 4.90. The predicted octanol–water partition coefficient (Wildman–Crippen LogP) is 1.01. The lowest BCUT2D eigenvalue weighted by Gasteiger charge is -2.23. The number of nitrogens with one attached hydrogen (secondary N) is 1. The Morgan fingerprint density at radius 2 is 1.95 bits per heavy atom. The molecule has 0 aromatic heterocycles. The molecule has 1 heterocycles. The quantitative estimate of drug-likeness (QED) is 0.848. The van der Waals surface area contributed by atoms with Crippen LogP contribution in [-0.4, -0.2) is 37.0 Å². The van der Waals surface area contributed by atoms with Crippen LogP contribution in [0, 0.1) is 6.92 Å². The first-order valence-electron chi connectivity index (χ1n) is 6.18. The van der Waals surface area contributed by atoms with Crippen LogP contribution in [-0.2, 0) is 9.84 Å². The molecule has 0 aliphatic carbocycles. The summed E-state index contributed by atoms with van der Waals surface area (Å²) in [6.07, 6.45) is 0.927. The highest BCUT2D eigenvalue weighted by Gasteiger charge is 2.24. The Kier molecular flexibility index (Phi) is 3.80. The maximum Gasteiger partial charge on any atom is 0.251 e. The van der Waals surface area contributed by atoms with E-state index in [2.05, 4.69) is 5.32 Å². The van der Waals surface area contributed by atoms with Crippen molar-refractivity contribution in [1.82, 2.24) is 5.32 Å². The van der Waals surface area contributed by atoms with Crippen LogP contribution in [0.4, 0.5) is 0 Å². The third kappa shape index (κ3) is 3.47. The van der Waals surface area contributed by atoms with Crippen LogP contribution in [0.3, 0.4) is 0 Å². The summed E-state index contributed by atoms with van der Waals surface area (Å²) in [6, 6.07) is 4.56. The van der Waals surface area contributed by atoms with Gasteiger partial charge in [-0.1, -0.05) is 0 Å². The van der Waals surface area contributed by atoms with Crippen molar-refractivity contribution in [2.45, 2.75) is 25.8 Å². The minimum Gasteiger partial charge on any atom is -0.508 e. The van der Waals surface area contributed by atoms with Crippen molar-refractivity contribution in [1.29, 1.82) is 0 Å². The molecule has 1 aromatic carbocycles. The lowest BCUT2D eigenvalue weighted by atomic mass is 10.1. The number of carbonyl (C=O) groups excluding carboxylic acids is 1. The van der Waals surface area contributed by atoms with E-state index in [1.807, 2.05) is 0 Å². The average Bonchev–Trinajstić information content (AvgIpc) is 2.35. The number of aromatic hydroxyl groups is 1. The number of benzene rings is 1. The fourth-order valence-electron chi connectivity index (χ4n) is 2.10. The van der Waals surface area contributed by atoms with Gasteiger partial charge in [0.1, 0.15) is 15.6 Å². The first-order valence-corrected chi connectivity index (χ1v) is 8.00. The van der Waals surface area contributed by atoms with Crippen LogP contribution < -0.4 is 5.32 Å². The van der Waals surface area contributed by atoms with E-state index in [0.717, 1.165) is 0 Å². The molecular weight excluding hydrogens is 266 g/mol. The van der Waals surface area contributed by atoms with E-state index in [1.54, 1.807) is 19.1 Å². The Balaban J connectivity index is 2.00. The van der Waals surface area contributed by atoms with Crippen LogP contribution in [0.2, 0.25) is 0 Å². The van der Waals surface area contributed by atoms with Gasteiger partial charge in [-0.25, -0.2) is 8.42 Å². The standard InChI is InChI=1S/C13H17NO4S/c1-9-8-10(2-3-12(9)15)13(16)14-11-4-6-19(17,18)7-5-11/h2-3,8,11,15H,4-7H2,1H3,(H,14,16). The predicted molar refractivity (Wildman–Crippen MR) is 72.0 cm³/mol. The van der Waals surface area contributed by atoms with Crippen molar-refractivity contribution in [2.75, 3.05) is 11.5 Å². The molecule has 0 bridgehead atoms. The van der Waals surface area contributed by atoms with Crippen LogP contribution in [0.1, 0.15) is 28.8 Å². The van der Waals surface area contributed by atoms with Gasteiger partial charge in [0.05, 0.1) is 11.5 Å². The zero-order valence-corrected chi connectivity index (χ0v) is 11.5. The molecule has 0 unspecified atom stereocenters. The number of phenolic OH excluding ortho intramolecular Hbond substituents is 1. The molecule has 6 heteroatoms. The van der Waals surface area contributed by atoms with Crippen molar-refractivity contribution in [3.05, 3.63) is 29.3 Å². The SMILES string of the molecule is Cc1cc(C(=O)NC2CCS(=O)(=O)CC2)ccc1O. The molecule has 5 nitrogen and oxygen atoms in total. The second-order valence-corrected chi connectivity index (χ2v) is 7.20.